The lowest BCUT2D eigenvalue weighted by molar-refractivity contribution is 0.0645. The molecule has 2 rings (SSSR count). The van der Waals surface area contributed by atoms with Crippen LogP contribution in [-0.4, -0.2) is 28.2 Å². The minimum atomic E-state index is -0.270. The van der Waals surface area contributed by atoms with Crippen LogP contribution in [0.5, 0.6) is 0 Å². The molecule has 0 radical (unpaired) electrons. The van der Waals surface area contributed by atoms with Gasteiger partial charge in [-0.25, -0.2) is 0 Å². The summed E-state index contributed by atoms with van der Waals surface area (Å²) in [4.78, 5) is 25.5. The zero-order valence-electron chi connectivity index (χ0n) is 9.34. The van der Waals surface area contributed by atoms with Gasteiger partial charge in [-0.3, -0.25) is 14.5 Å². The molecule has 1 aromatic carbocycles. The van der Waals surface area contributed by atoms with Crippen molar-refractivity contribution in [1.82, 2.24) is 4.90 Å². The van der Waals surface area contributed by atoms with Gasteiger partial charge in [-0.15, -0.1) is 0 Å². The van der Waals surface area contributed by atoms with E-state index in [1.807, 2.05) is 0 Å². The zero-order chi connectivity index (χ0) is 12.6. The lowest BCUT2D eigenvalue weighted by Gasteiger charge is -2.18. The Bertz CT molecular complexity index is 478. The van der Waals surface area contributed by atoms with Gasteiger partial charge in [0.15, 0.2) is 0 Å². The minimum Gasteiger partial charge on any atom is -0.393 e. The Kier molecular flexibility index (Phi) is 2.93. The first-order chi connectivity index (χ1) is 8.02. The maximum atomic E-state index is 12.0. The van der Waals surface area contributed by atoms with Crippen LogP contribution in [0, 0.1) is 5.92 Å². The van der Waals surface area contributed by atoms with Crippen LogP contribution in [0.4, 0.5) is 0 Å². The van der Waals surface area contributed by atoms with Crippen LogP contribution in [0.1, 0.15) is 27.6 Å². The molecule has 1 aliphatic rings. The molecule has 1 heterocycles. The second kappa shape index (κ2) is 4.25. The molecule has 0 spiro atoms. The van der Waals surface area contributed by atoms with Crippen molar-refractivity contribution in [3.05, 3.63) is 35.4 Å². The average Bonchev–Trinajstić information content (AvgIpc) is 2.55. The summed E-state index contributed by atoms with van der Waals surface area (Å²) in [5, 5.41) is 0. The van der Waals surface area contributed by atoms with E-state index in [9.17, 15) is 9.59 Å². The number of nitrogens with two attached hydrogens (primary N) is 1. The van der Waals surface area contributed by atoms with Crippen LogP contribution in [0.15, 0.2) is 24.3 Å². The van der Waals surface area contributed by atoms with Crippen LogP contribution in [0.3, 0.4) is 0 Å². The van der Waals surface area contributed by atoms with E-state index >= 15 is 0 Å². The van der Waals surface area contributed by atoms with Gasteiger partial charge in [-0.2, -0.15) is 0 Å². The van der Waals surface area contributed by atoms with E-state index in [0.29, 0.717) is 16.1 Å². The van der Waals surface area contributed by atoms with Crippen LogP contribution in [0.25, 0.3) is 0 Å². The monoisotopic (exact) mass is 248 g/mol. The molecule has 88 valence electrons. The summed E-state index contributed by atoms with van der Waals surface area (Å²) in [7, 11) is 0. The van der Waals surface area contributed by atoms with E-state index in [2.05, 4.69) is 0 Å². The number of benzene rings is 1. The van der Waals surface area contributed by atoms with Crippen molar-refractivity contribution >= 4 is 29.0 Å². The normalized spacial score (nSPS) is 15.9. The number of nitrogens with zero attached hydrogens (tertiary/aromatic N) is 1. The Morgan fingerprint density at radius 2 is 1.76 bits per heavy atom. The molecule has 0 saturated carbocycles. The lowest BCUT2D eigenvalue weighted by Crippen LogP contribution is -2.37. The van der Waals surface area contributed by atoms with E-state index in [-0.39, 0.29) is 24.3 Å². The van der Waals surface area contributed by atoms with Crippen LogP contribution < -0.4 is 5.73 Å². The van der Waals surface area contributed by atoms with Crippen LogP contribution in [-0.2, 0) is 0 Å². The second-order valence-corrected chi connectivity index (χ2v) is 4.54. The number of carbonyl (C=O) groups excluding carboxylic acids is 2. The molecule has 2 amide bonds. The Morgan fingerprint density at radius 1 is 1.29 bits per heavy atom. The summed E-state index contributed by atoms with van der Waals surface area (Å²) in [5.74, 6) is -0.713. The molecular formula is C12H12N2O2S. The molecule has 1 aromatic rings. The highest BCUT2D eigenvalue weighted by Crippen LogP contribution is 2.23. The van der Waals surface area contributed by atoms with Gasteiger partial charge < -0.3 is 5.73 Å². The molecule has 4 nitrogen and oxygen atoms in total. The summed E-state index contributed by atoms with van der Waals surface area (Å²) >= 11 is 4.85. The van der Waals surface area contributed by atoms with E-state index in [4.69, 9.17) is 18.0 Å². The molecule has 0 aliphatic carbocycles. The fourth-order valence-corrected chi connectivity index (χ4v) is 1.84. The highest BCUT2D eigenvalue weighted by Gasteiger charge is 2.35. The molecule has 0 bridgehead atoms. The van der Waals surface area contributed by atoms with Crippen molar-refractivity contribution in [2.24, 2.45) is 11.7 Å². The number of carbonyl (C=O) groups is 2. The first kappa shape index (κ1) is 11.7. The van der Waals surface area contributed by atoms with Gasteiger partial charge in [-0.1, -0.05) is 31.3 Å². The highest BCUT2D eigenvalue weighted by atomic mass is 32.1. The topological polar surface area (TPSA) is 63.4 Å². The van der Waals surface area contributed by atoms with E-state index in [0.717, 1.165) is 0 Å². The molecule has 1 unspecified atom stereocenters. The quantitative estimate of drug-likeness (QED) is 0.645. The Labute approximate surface area is 104 Å². The van der Waals surface area contributed by atoms with Gasteiger partial charge in [0.2, 0.25) is 0 Å². The number of amides is 2. The largest absolute Gasteiger partial charge is 0.393 e. The Hall–Kier alpha value is -1.75. The third kappa shape index (κ3) is 1.93. The summed E-state index contributed by atoms with van der Waals surface area (Å²) in [6.45, 7) is 2.04. The molecular weight excluding hydrogens is 236 g/mol. The maximum absolute atomic E-state index is 12.0. The van der Waals surface area contributed by atoms with E-state index in [1.54, 1.807) is 31.2 Å². The molecule has 1 atom stereocenters. The zero-order valence-corrected chi connectivity index (χ0v) is 10.2. The molecule has 5 heteroatoms. The summed E-state index contributed by atoms with van der Waals surface area (Å²) in [6.07, 6.45) is 0. The summed E-state index contributed by atoms with van der Waals surface area (Å²) < 4.78 is 0. The predicted octanol–water partition coefficient (Wildman–Crippen LogP) is 1.20. The number of thiocarbonyl (C=S) groups is 1. The van der Waals surface area contributed by atoms with Crippen molar-refractivity contribution < 1.29 is 9.59 Å². The number of fused-ring (bicyclic) bond motifs is 1. The van der Waals surface area contributed by atoms with Gasteiger partial charge in [0.25, 0.3) is 11.8 Å². The number of hydrogen-bond donors (Lipinski definition) is 1. The third-order valence-corrected chi connectivity index (χ3v) is 3.22. The van der Waals surface area contributed by atoms with Gasteiger partial charge in [-0.05, 0) is 12.1 Å². The van der Waals surface area contributed by atoms with Crippen molar-refractivity contribution in [2.75, 3.05) is 6.54 Å². The van der Waals surface area contributed by atoms with Crippen molar-refractivity contribution in [1.29, 1.82) is 0 Å². The van der Waals surface area contributed by atoms with Crippen LogP contribution >= 0.6 is 12.2 Å². The summed E-state index contributed by atoms with van der Waals surface area (Å²) in [5.41, 5.74) is 6.40. The first-order valence-electron chi connectivity index (χ1n) is 5.27. The minimum absolute atomic E-state index is 0.174. The average molecular weight is 248 g/mol. The van der Waals surface area contributed by atoms with Crippen LogP contribution in [0.2, 0.25) is 0 Å². The van der Waals surface area contributed by atoms with Crippen molar-refractivity contribution in [2.45, 2.75) is 6.92 Å². The SMILES string of the molecule is CC(CN1C(=O)c2ccccc2C1=O)C(N)=S. The molecule has 0 fully saturated rings. The fraction of sp³-hybridized carbons (Fsp3) is 0.250. The third-order valence-electron chi connectivity index (χ3n) is 2.82. The number of hydrogen-bond acceptors (Lipinski definition) is 3. The van der Waals surface area contributed by atoms with Crippen molar-refractivity contribution in [3.8, 4) is 0 Å². The standard InChI is InChI=1S/C12H12N2O2S/c1-7(10(13)17)6-14-11(15)8-4-2-3-5-9(8)12(14)16/h2-5,7H,6H2,1H3,(H2,13,17). The summed E-state index contributed by atoms with van der Waals surface area (Å²) in [6, 6.07) is 6.79. The fourth-order valence-electron chi connectivity index (χ4n) is 1.77. The molecule has 2 N–H and O–H groups in total. The van der Waals surface area contributed by atoms with E-state index < -0.39 is 0 Å². The first-order valence-corrected chi connectivity index (χ1v) is 5.67. The lowest BCUT2D eigenvalue weighted by atomic mass is 10.1. The van der Waals surface area contributed by atoms with Crippen molar-refractivity contribution in [3.63, 3.8) is 0 Å². The Morgan fingerprint density at radius 3 is 2.18 bits per heavy atom. The van der Waals surface area contributed by atoms with E-state index in [1.165, 1.54) is 4.90 Å². The maximum Gasteiger partial charge on any atom is 0.261 e. The number of rotatable bonds is 3. The van der Waals surface area contributed by atoms with Gasteiger partial charge in [0.1, 0.15) is 0 Å². The Balaban J connectivity index is 2.27. The highest BCUT2D eigenvalue weighted by molar-refractivity contribution is 7.80. The number of imide groups is 1. The molecule has 0 saturated heterocycles. The molecule has 1 aliphatic heterocycles. The molecule has 0 aromatic heterocycles. The predicted molar refractivity (Wildman–Crippen MR) is 67.8 cm³/mol. The van der Waals surface area contributed by atoms with Gasteiger partial charge in [0.05, 0.1) is 16.1 Å². The van der Waals surface area contributed by atoms with Gasteiger partial charge >= 0.3 is 0 Å². The second-order valence-electron chi connectivity index (χ2n) is 4.07. The smallest absolute Gasteiger partial charge is 0.261 e. The molecule has 17 heavy (non-hydrogen) atoms. The van der Waals surface area contributed by atoms with Gasteiger partial charge in [0, 0.05) is 12.5 Å².